The lowest BCUT2D eigenvalue weighted by Gasteiger charge is -2.16. The molecule has 3 nitrogen and oxygen atoms in total. The second-order valence-corrected chi connectivity index (χ2v) is 4.57. The molecule has 1 atom stereocenters. The molecule has 0 aliphatic heterocycles. The summed E-state index contributed by atoms with van der Waals surface area (Å²) in [6, 6.07) is 10.8. The molecule has 19 heavy (non-hydrogen) atoms. The van der Waals surface area contributed by atoms with Gasteiger partial charge in [0.05, 0.1) is 17.3 Å². The molecule has 1 N–H and O–H groups in total. The molecular formula is C15H16ClNO2. The highest BCUT2D eigenvalue weighted by Crippen LogP contribution is 2.32. The fourth-order valence-electron chi connectivity index (χ4n) is 1.80. The molecule has 0 radical (unpaired) electrons. The quantitative estimate of drug-likeness (QED) is 0.908. The lowest BCUT2D eigenvalue weighted by Crippen LogP contribution is -2.06. The van der Waals surface area contributed by atoms with E-state index in [1.807, 2.05) is 31.2 Å². The maximum Gasteiger partial charge on any atom is 0.126 e. The van der Waals surface area contributed by atoms with Gasteiger partial charge in [0.25, 0.3) is 0 Å². The maximum atomic E-state index is 10.4. The molecular weight excluding hydrogens is 262 g/mol. The minimum absolute atomic E-state index is 0.441. The number of halogens is 1. The van der Waals surface area contributed by atoms with Crippen molar-refractivity contribution in [1.82, 2.24) is 4.98 Å². The van der Waals surface area contributed by atoms with Gasteiger partial charge in [0, 0.05) is 11.8 Å². The van der Waals surface area contributed by atoms with Crippen LogP contribution in [0.5, 0.6) is 5.75 Å². The van der Waals surface area contributed by atoms with Gasteiger partial charge in [-0.2, -0.15) is 0 Å². The molecule has 2 rings (SSSR count). The van der Waals surface area contributed by atoms with Gasteiger partial charge >= 0.3 is 0 Å². The molecule has 0 aliphatic rings. The SMILES string of the molecule is CCCOc1ccccc1C(O)c1ncccc1Cl. The van der Waals surface area contributed by atoms with Gasteiger partial charge in [-0.1, -0.05) is 36.7 Å². The molecule has 0 aliphatic carbocycles. The maximum absolute atomic E-state index is 10.4. The van der Waals surface area contributed by atoms with Crippen LogP contribution in [0.15, 0.2) is 42.6 Å². The molecule has 0 amide bonds. The Hall–Kier alpha value is -1.58. The number of hydrogen-bond acceptors (Lipinski definition) is 3. The lowest BCUT2D eigenvalue weighted by atomic mass is 10.0. The number of ether oxygens (including phenoxy) is 1. The van der Waals surface area contributed by atoms with Crippen molar-refractivity contribution in [2.75, 3.05) is 6.61 Å². The summed E-state index contributed by atoms with van der Waals surface area (Å²) in [5.41, 5.74) is 1.12. The van der Waals surface area contributed by atoms with E-state index in [0.29, 0.717) is 28.6 Å². The second kappa shape index (κ2) is 6.55. The summed E-state index contributed by atoms with van der Waals surface area (Å²) >= 11 is 6.06. The van der Waals surface area contributed by atoms with Crippen molar-refractivity contribution < 1.29 is 9.84 Å². The lowest BCUT2D eigenvalue weighted by molar-refractivity contribution is 0.206. The van der Waals surface area contributed by atoms with E-state index in [0.717, 1.165) is 6.42 Å². The third-order valence-corrected chi connectivity index (χ3v) is 3.04. The average molecular weight is 278 g/mol. The fraction of sp³-hybridized carbons (Fsp3) is 0.267. The number of benzene rings is 1. The first-order valence-electron chi connectivity index (χ1n) is 6.24. The molecule has 0 saturated heterocycles. The normalized spacial score (nSPS) is 12.2. The number of aliphatic hydroxyl groups excluding tert-OH is 1. The predicted molar refractivity (Wildman–Crippen MR) is 75.5 cm³/mol. The minimum atomic E-state index is -0.887. The zero-order chi connectivity index (χ0) is 13.7. The Balaban J connectivity index is 2.33. The van der Waals surface area contributed by atoms with Crippen molar-refractivity contribution in [1.29, 1.82) is 0 Å². The first-order chi connectivity index (χ1) is 9.24. The van der Waals surface area contributed by atoms with Crippen LogP contribution in [0.25, 0.3) is 0 Å². The number of nitrogens with zero attached hydrogens (tertiary/aromatic N) is 1. The van der Waals surface area contributed by atoms with Crippen molar-refractivity contribution in [2.24, 2.45) is 0 Å². The summed E-state index contributed by atoms with van der Waals surface area (Å²) < 4.78 is 5.64. The van der Waals surface area contributed by atoms with Crippen molar-refractivity contribution in [2.45, 2.75) is 19.4 Å². The molecule has 1 aromatic heterocycles. The topological polar surface area (TPSA) is 42.4 Å². The molecule has 0 spiro atoms. The zero-order valence-electron chi connectivity index (χ0n) is 10.7. The molecule has 0 bridgehead atoms. The Morgan fingerprint density at radius 2 is 2.05 bits per heavy atom. The highest BCUT2D eigenvalue weighted by molar-refractivity contribution is 6.31. The second-order valence-electron chi connectivity index (χ2n) is 4.16. The Bertz CT molecular complexity index is 545. The smallest absolute Gasteiger partial charge is 0.126 e. The average Bonchev–Trinajstić information content (AvgIpc) is 2.45. The van der Waals surface area contributed by atoms with Gasteiger partial charge in [-0.15, -0.1) is 0 Å². The Kier molecular flexibility index (Phi) is 4.77. The number of pyridine rings is 1. The summed E-state index contributed by atoms with van der Waals surface area (Å²) in [5.74, 6) is 0.665. The van der Waals surface area contributed by atoms with E-state index in [9.17, 15) is 5.11 Å². The van der Waals surface area contributed by atoms with Crippen molar-refractivity contribution >= 4 is 11.6 Å². The molecule has 1 aromatic carbocycles. The largest absolute Gasteiger partial charge is 0.493 e. The van der Waals surface area contributed by atoms with Crippen molar-refractivity contribution in [3.05, 3.63) is 58.9 Å². The molecule has 1 heterocycles. The first kappa shape index (κ1) is 13.8. The number of para-hydroxylation sites is 1. The summed E-state index contributed by atoms with van der Waals surface area (Å²) in [6.45, 7) is 2.65. The van der Waals surface area contributed by atoms with Crippen LogP contribution in [-0.2, 0) is 0 Å². The number of aliphatic hydroxyl groups is 1. The fourth-order valence-corrected chi connectivity index (χ4v) is 2.02. The monoisotopic (exact) mass is 277 g/mol. The van der Waals surface area contributed by atoms with Gasteiger partial charge < -0.3 is 9.84 Å². The Labute approximate surface area is 117 Å². The molecule has 0 saturated carbocycles. The van der Waals surface area contributed by atoms with Gasteiger partial charge in [0.2, 0.25) is 0 Å². The zero-order valence-corrected chi connectivity index (χ0v) is 11.5. The third kappa shape index (κ3) is 3.25. The van der Waals surface area contributed by atoms with Crippen LogP contribution in [0.1, 0.15) is 30.7 Å². The van der Waals surface area contributed by atoms with E-state index in [1.165, 1.54) is 0 Å². The number of aromatic nitrogens is 1. The standard InChI is InChI=1S/C15H16ClNO2/c1-2-10-19-13-8-4-3-6-11(13)15(18)14-12(16)7-5-9-17-14/h3-9,15,18H,2,10H2,1H3. The Morgan fingerprint density at radius 3 is 2.79 bits per heavy atom. The summed E-state index contributed by atoms with van der Waals surface area (Å²) in [7, 11) is 0. The molecule has 4 heteroatoms. The van der Waals surface area contributed by atoms with E-state index >= 15 is 0 Å². The van der Waals surface area contributed by atoms with E-state index in [1.54, 1.807) is 18.3 Å². The predicted octanol–water partition coefficient (Wildman–Crippen LogP) is 3.61. The molecule has 0 fully saturated rings. The molecule has 100 valence electrons. The van der Waals surface area contributed by atoms with E-state index < -0.39 is 6.10 Å². The van der Waals surface area contributed by atoms with Crippen molar-refractivity contribution in [3.63, 3.8) is 0 Å². The molecule has 2 aromatic rings. The van der Waals surface area contributed by atoms with Crippen LogP contribution in [0.4, 0.5) is 0 Å². The van der Waals surface area contributed by atoms with Crippen LogP contribution in [0, 0.1) is 0 Å². The minimum Gasteiger partial charge on any atom is -0.493 e. The summed E-state index contributed by atoms with van der Waals surface area (Å²) in [5, 5.41) is 10.9. The van der Waals surface area contributed by atoms with Gasteiger partial charge in [-0.05, 0) is 24.6 Å². The highest BCUT2D eigenvalue weighted by Gasteiger charge is 2.18. The van der Waals surface area contributed by atoms with Crippen LogP contribution < -0.4 is 4.74 Å². The molecule has 1 unspecified atom stereocenters. The highest BCUT2D eigenvalue weighted by atomic mass is 35.5. The number of hydrogen-bond donors (Lipinski definition) is 1. The summed E-state index contributed by atoms with van der Waals surface area (Å²) in [6.07, 6.45) is 1.64. The van der Waals surface area contributed by atoms with Gasteiger partial charge in [-0.3, -0.25) is 4.98 Å². The van der Waals surface area contributed by atoms with Gasteiger partial charge in [-0.25, -0.2) is 0 Å². The van der Waals surface area contributed by atoms with Crippen LogP contribution in [0.3, 0.4) is 0 Å². The van der Waals surface area contributed by atoms with E-state index in [4.69, 9.17) is 16.3 Å². The third-order valence-electron chi connectivity index (χ3n) is 2.72. The van der Waals surface area contributed by atoms with Gasteiger partial charge in [0.1, 0.15) is 11.9 Å². The van der Waals surface area contributed by atoms with Crippen LogP contribution in [0.2, 0.25) is 5.02 Å². The van der Waals surface area contributed by atoms with E-state index in [2.05, 4.69) is 4.98 Å². The first-order valence-corrected chi connectivity index (χ1v) is 6.62. The summed E-state index contributed by atoms with van der Waals surface area (Å²) in [4.78, 5) is 4.14. The van der Waals surface area contributed by atoms with Crippen LogP contribution in [-0.4, -0.2) is 16.7 Å². The number of rotatable bonds is 5. The van der Waals surface area contributed by atoms with Crippen LogP contribution >= 0.6 is 11.6 Å². The van der Waals surface area contributed by atoms with E-state index in [-0.39, 0.29) is 0 Å². The van der Waals surface area contributed by atoms with Gasteiger partial charge in [0.15, 0.2) is 0 Å². The Morgan fingerprint density at radius 1 is 1.26 bits per heavy atom. The van der Waals surface area contributed by atoms with Crippen molar-refractivity contribution in [3.8, 4) is 5.75 Å².